The monoisotopic (exact) mass is 276 g/mol. The molecule has 1 saturated carbocycles. The third-order valence-electron chi connectivity index (χ3n) is 4.55. The Bertz CT molecular complexity index is 408. The molecule has 0 spiro atoms. The fourth-order valence-electron chi connectivity index (χ4n) is 3.35. The van der Waals surface area contributed by atoms with Gasteiger partial charge in [-0.2, -0.15) is 0 Å². The van der Waals surface area contributed by atoms with Crippen LogP contribution in [0.1, 0.15) is 50.6 Å². The van der Waals surface area contributed by atoms with Crippen molar-refractivity contribution in [2.75, 3.05) is 13.7 Å². The van der Waals surface area contributed by atoms with Gasteiger partial charge in [-0.1, -0.05) is 38.0 Å². The Morgan fingerprint density at radius 1 is 1.30 bits per heavy atom. The molecular formula is C17H28N2O. The van der Waals surface area contributed by atoms with Gasteiger partial charge in [0, 0.05) is 17.6 Å². The first-order valence-electron chi connectivity index (χ1n) is 7.89. The predicted octanol–water partition coefficient (Wildman–Crippen LogP) is 3.25. The molecule has 0 aromatic heterocycles. The Kier molecular flexibility index (Phi) is 5.86. The minimum Gasteiger partial charge on any atom is -0.496 e. The summed E-state index contributed by atoms with van der Waals surface area (Å²) in [4.78, 5) is 0. The van der Waals surface area contributed by atoms with E-state index < -0.39 is 0 Å². The summed E-state index contributed by atoms with van der Waals surface area (Å²) in [7, 11) is 1.74. The standard InChI is InChI=1S/C17H28N2O/c1-3-15(14-9-5-7-11-17(14)20-2)19-16-10-6-4-8-13(16)12-18/h5,7,9,11,13,15-16,19H,3-4,6,8,10,12,18H2,1-2H3. The summed E-state index contributed by atoms with van der Waals surface area (Å²) in [6.07, 6.45) is 6.21. The van der Waals surface area contributed by atoms with Gasteiger partial charge in [0.05, 0.1) is 7.11 Å². The highest BCUT2D eigenvalue weighted by Gasteiger charge is 2.26. The zero-order chi connectivity index (χ0) is 14.4. The highest BCUT2D eigenvalue weighted by atomic mass is 16.5. The van der Waals surface area contributed by atoms with Crippen LogP contribution in [0.2, 0.25) is 0 Å². The number of methoxy groups -OCH3 is 1. The lowest BCUT2D eigenvalue weighted by Gasteiger charge is -2.35. The van der Waals surface area contributed by atoms with Gasteiger partial charge in [0.1, 0.15) is 5.75 Å². The molecule has 3 heteroatoms. The van der Waals surface area contributed by atoms with Crippen molar-refractivity contribution >= 4 is 0 Å². The lowest BCUT2D eigenvalue weighted by atomic mass is 9.83. The molecule has 3 N–H and O–H groups in total. The second kappa shape index (κ2) is 7.65. The van der Waals surface area contributed by atoms with Crippen molar-refractivity contribution in [1.29, 1.82) is 0 Å². The van der Waals surface area contributed by atoms with Crippen molar-refractivity contribution in [3.05, 3.63) is 29.8 Å². The van der Waals surface area contributed by atoms with Gasteiger partial charge in [-0.15, -0.1) is 0 Å². The van der Waals surface area contributed by atoms with Crippen LogP contribution in [0.5, 0.6) is 5.75 Å². The van der Waals surface area contributed by atoms with Crippen LogP contribution in [0.25, 0.3) is 0 Å². The molecule has 0 saturated heterocycles. The second-order valence-corrected chi connectivity index (χ2v) is 5.76. The predicted molar refractivity (Wildman–Crippen MR) is 84.0 cm³/mol. The summed E-state index contributed by atoms with van der Waals surface area (Å²) in [6.45, 7) is 3.02. The summed E-state index contributed by atoms with van der Waals surface area (Å²) in [5, 5.41) is 3.84. The Morgan fingerprint density at radius 3 is 2.75 bits per heavy atom. The van der Waals surface area contributed by atoms with Gasteiger partial charge in [0.2, 0.25) is 0 Å². The first-order valence-corrected chi connectivity index (χ1v) is 7.89. The molecule has 1 aromatic carbocycles. The average Bonchev–Trinajstić information content (AvgIpc) is 2.53. The van der Waals surface area contributed by atoms with E-state index in [1.165, 1.54) is 31.2 Å². The Morgan fingerprint density at radius 2 is 2.05 bits per heavy atom. The van der Waals surface area contributed by atoms with Crippen molar-refractivity contribution in [1.82, 2.24) is 5.32 Å². The van der Waals surface area contributed by atoms with Gasteiger partial charge in [-0.05, 0) is 37.8 Å². The normalized spacial score (nSPS) is 24.4. The molecule has 3 atom stereocenters. The number of para-hydroxylation sites is 1. The van der Waals surface area contributed by atoms with Crippen LogP contribution in [-0.4, -0.2) is 19.7 Å². The van der Waals surface area contributed by atoms with E-state index in [-0.39, 0.29) is 0 Å². The smallest absolute Gasteiger partial charge is 0.123 e. The van der Waals surface area contributed by atoms with E-state index in [0.717, 1.165) is 18.7 Å². The fourth-order valence-corrected chi connectivity index (χ4v) is 3.35. The van der Waals surface area contributed by atoms with Gasteiger partial charge in [-0.3, -0.25) is 0 Å². The first kappa shape index (κ1) is 15.3. The SMILES string of the molecule is CCC(NC1CCCCC1CN)c1ccccc1OC. The third-order valence-corrected chi connectivity index (χ3v) is 4.55. The van der Waals surface area contributed by atoms with Gasteiger partial charge in [0.25, 0.3) is 0 Å². The lowest BCUT2D eigenvalue weighted by Crippen LogP contribution is -2.43. The molecule has 0 amide bonds. The number of hydrogen-bond acceptors (Lipinski definition) is 3. The second-order valence-electron chi connectivity index (χ2n) is 5.76. The minimum atomic E-state index is 0.350. The topological polar surface area (TPSA) is 47.3 Å². The molecule has 3 unspecified atom stereocenters. The van der Waals surface area contributed by atoms with Gasteiger partial charge < -0.3 is 15.8 Å². The maximum Gasteiger partial charge on any atom is 0.123 e. The van der Waals surface area contributed by atoms with Crippen LogP contribution in [-0.2, 0) is 0 Å². The highest BCUT2D eigenvalue weighted by molar-refractivity contribution is 5.35. The Hall–Kier alpha value is -1.06. The summed E-state index contributed by atoms with van der Waals surface area (Å²) in [6, 6.07) is 9.22. The zero-order valence-electron chi connectivity index (χ0n) is 12.8. The molecule has 0 aliphatic heterocycles. The van der Waals surface area contributed by atoms with Crippen molar-refractivity contribution in [2.24, 2.45) is 11.7 Å². The van der Waals surface area contributed by atoms with E-state index in [1.807, 2.05) is 12.1 Å². The molecule has 20 heavy (non-hydrogen) atoms. The number of hydrogen-bond donors (Lipinski definition) is 2. The van der Waals surface area contributed by atoms with E-state index in [9.17, 15) is 0 Å². The summed E-state index contributed by atoms with van der Waals surface area (Å²) >= 11 is 0. The van der Waals surface area contributed by atoms with Crippen molar-refractivity contribution in [3.8, 4) is 5.75 Å². The quantitative estimate of drug-likeness (QED) is 0.838. The first-order chi connectivity index (χ1) is 9.80. The molecule has 1 aliphatic rings. The van der Waals surface area contributed by atoms with E-state index in [4.69, 9.17) is 10.5 Å². The van der Waals surface area contributed by atoms with Gasteiger partial charge >= 0.3 is 0 Å². The van der Waals surface area contributed by atoms with Crippen LogP contribution in [0.3, 0.4) is 0 Å². The van der Waals surface area contributed by atoms with E-state index >= 15 is 0 Å². The van der Waals surface area contributed by atoms with Crippen LogP contribution in [0, 0.1) is 5.92 Å². The van der Waals surface area contributed by atoms with Crippen molar-refractivity contribution < 1.29 is 4.74 Å². The zero-order valence-corrected chi connectivity index (χ0v) is 12.8. The number of nitrogens with one attached hydrogen (secondary N) is 1. The number of rotatable bonds is 6. The third kappa shape index (κ3) is 3.53. The maximum absolute atomic E-state index is 5.94. The van der Waals surface area contributed by atoms with Crippen LogP contribution < -0.4 is 15.8 Å². The van der Waals surface area contributed by atoms with Crippen molar-refractivity contribution in [3.63, 3.8) is 0 Å². The molecular weight excluding hydrogens is 248 g/mol. The average molecular weight is 276 g/mol. The van der Waals surface area contributed by atoms with Crippen LogP contribution in [0.15, 0.2) is 24.3 Å². The number of nitrogens with two attached hydrogens (primary N) is 1. The van der Waals surface area contributed by atoms with E-state index in [1.54, 1.807) is 7.11 Å². The molecule has 2 rings (SSSR count). The molecule has 0 radical (unpaired) electrons. The maximum atomic E-state index is 5.94. The summed E-state index contributed by atoms with van der Waals surface area (Å²) < 4.78 is 5.51. The summed E-state index contributed by atoms with van der Waals surface area (Å²) in [5.41, 5.74) is 7.20. The lowest BCUT2D eigenvalue weighted by molar-refractivity contribution is 0.244. The molecule has 0 bridgehead atoms. The number of ether oxygens (including phenoxy) is 1. The van der Waals surface area contributed by atoms with Crippen LogP contribution in [0.4, 0.5) is 0 Å². The van der Waals surface area contributed by atoms with Crippen molar-refractivity contribution in [2.45, 2.75) is 51.1 Å². The number of benzene rings is 1. The highest BCUT2D eigenvalue weighted by Crippen LogP contribution is 2.31. The van der Waals surface area contributed by atoms with Gasteiger partial charge in [-0.25, -0.2) is 0 Å². The van der Waals surface area contributed by atoms with E-state index in [2.05, 4.69) is 24.4 Å². The molecule has 1 aliphatic carbocycles. The Balaban J connectivity index is 2.11. The van der Waals surface area contributed by atoms with Crippen LogP contribution >= 0.6 is 0 Å². The molecule has 1 aromatic rings. The van der Waals surface area contributed by atoms with E-state index in [0.29, 0.717) is 18.0 Å². The summed E-state index contributed by atoms with van der Waals surface area (Å²) in [5.74, 6) is 1.60. The minimum absolute atomic E-state index is 0.350. The molecule has 112 valence electrons. The molecule has 3 nitrogen and oxygen atoms in total. The largest absolute Gasteiger partial charge is 0.496 e. The molecule has 0 heterocycles. The fraction of sp³-hybridized carbons (Fsp3) is 0.647. The van der Waals surface area contributed by atoms with Gasteiger partial charge in [0.15, 0.2) is 0 Å². The molecule has 1 fully saturated rings. The Labute approximate surface area is 122 Å².